The highest BCUT2D eigenvalue weighted by Gasteiger charge is 2.44. The van der Waals surface area contributed by atoms with Crippen LogP contribution in [0.1, 0.15) is 50.0 Å². The highest BCUT2D eigenvalue weighted by atomic mass is 35.5. The van der Waals surface area contributed by atoms with E-state index in [9.17, 15) is 0 Å². The van der Waals surface area contributed by atoms with Gasteiger partial charge in [-0.25, -0.2) is 4.98 Å². The summed E-state index contributed by atoms with van der Waals surface area (Å²) in [5.41, 5.74) is 4.16. The Kier molecular flexibility index (Phi) is 6.00. The maximum absolute atomic E-state index is 6.82. The summed E-state index contributed by atoms with van der Waals surface area (Å²) in [6, 6.07) is 8.98. The number of benzene rings is 1. The lowest BCUT2D eigenvalue weighted by Crippen LogP contribution is -2.38. The van der Waals surface area contributed by atoms with E-state index in [0.29, 0.717) is 17.9 Å². The van der Waals surface area contributed by atoms with Gasteiger partial charge in [0.05, 0.1) is 18.7 Å². The van der Waals surface area contributed by atoms with Crippen LogP contribution in [0.25, 0.3) is 22.2 Å². The zero-order valence-electron chi connectivity index (χ0n) is 20.0. The quantitative estimate of drug-likeness (QED) is 0.509. The second-order valence-electron chi connectivity index (χ2n) is 10.4. The van der Waals surface area contributed by atoms with E-state index in [-0.39, 0.29) is 0 Å². The van der Waals surface area contributed by atoms with Gasteiger partial charge in [0.25, 0.3) is 0 Å². The van der Waals surface area contributed by atoms with Crippen LogP contribution < -0.4 is 4.74 Å². The fourth-order valence-corrected chi connectivity index (χ4v) is 7.11. The van der Waals surface area contributed by atoms with Gasteiger partial charge in [-0.1, -0.05) is 11.6 Å². The summed E-state index contributed by atoms with van der Waals surface area (Å²) >= 11 is 6.82. The number of pyridine rings is 1. The van der Waals surface area contributed by atoms with Crippen molar-refractivity contribution < 1.29 is 9.47 Å². The van der Waals surface area contributed by atoms with Gasteiger partial charge in [-0.05, 0) is 80.0 Å². The Bertz CT molecular complexity index is 1160. The van der Waals surface area contributed by atoms with Crippen molar-refractivity contribution in [1.29, 1.82) is 0 Å². The van der Waals surface area contributed by atoms with Crippen molar-refractivity contribution in [3.05, 3.63) is 41.0 Å². The van der Waals surface area contributed by atoms with Gasteiger partial charge in [-0.2, -0.15) is 5.10 Å². The van der Waals surface area contributed by atoms with Crippen molar-refractivity contribution in [3.8, 4) is 17.1 Å². The number of H-pyrrole nitrogens is 1. The summed E-state index contributed by atoms with van der Waals surface area (Å²) in [5, 5.41) is 9.73. The molecule has 6 nitrogen and oxygen atoms in total. The summed E-state index contributed by atoms with van der Waals surface area (Å²) in [7, 11) is 3.49. The van der Waals surface area contributed by atoms with Crippen LogP contribution in [-0.2, 0) is 4.74 Å². The predicted octanol–water partition coefficient (Wildman–Crippen LogP) is 5.67. The number of hydrogen-bond acceptors (Lipinski definition) is 5. The molecule has 3 aromatic rings. The van der Waals surface area contributed by atoms with Gasteiger partial charge < -0.3 is 9.47 Å². The molecular formula is C27H33ClN4O2. The zero-order chi connectivity index (χ0) is 23.2. The Morgan fingerprint density at radius 3 is 2.50 bits per heavy atom. The van der Waals surface area contributed by atoms with Crippen LogP contribution in [0, 0.1) is 11.8 Å². The second kappa shape index (κ2) is 9.14. The van der Waals surface area contributed by atoms with Gasteiger partial charge in [-0.3, -0.25) is 10.00 Å². The molecule has 7 heteroatoms. The molecule has 1 N–H and O–H groups in total. The molecule has 3 fully saturated rings. The minimum absolute atomic E-state index is 0.473. The SMILES string of the molecule is COc1cc(-c2n[nH]c3cc(Cl)c(C4C[C@@H]5CN([C@H]6CC[C@H](OC)CC6)C[C@@H]5C4)cc23)ccn1. The number of halogens is 1. The Hall–Kier alpha value is -2.15. The van der Waals surface area contributed by atoms with E-state index >= 15 is 0 Å². The molecule has 0 bridgehead atoms. The van der Waals surface area contributed by atoms with Crippen LogP contribution in [0.5, 0.6) is 5.88 Å². The number of hydrogen-bond donors (Lipinski definition) is 1. The second-order valence-corrected chi connectivity index (χ2v) is 10.8. The average Bonchev–Trinajstić information content (AvgIpc) is 3.56. The summed E-state index contributed by atoms with van der Waals surface area (Å²) in [6.07, 6.45) is 9.69. The number of nitrogens with zero attached hydrogens (tertiary/aromatic N) is 3. The summed E-state index contributed by atoms with van der Waals surface area (Å²) in [6.45, 7) is 2.49. The van der Waals surface area contributed by atoms with Gasteiger partial charge in [0.15, 0.2) is 0 Å². The molecule has 2 saturated carbocycles. The minimum atomic E-state index is 0.473. The van der Waals surface area contributed by atoms with Crippen LogP contribution in [0.4, 0.5) is 0 Å². The van der Waals surface area contributed by atoms with Gasteiger partial charge in [0.2, 0.25) is 5.88 Å². The number of methoxy groups -OCH3 is 2. The first-order valence-electron chi connectivity index (χ1n) is 12.6. The van der Waals surface area contributed by atoms with Gasteiger partial charge in [0.1, 0.15) is 5.69 Å². The van der Waals surface area contributed by atoms with Crippen molar-refractivity contribution in [1.82, 2.24) is 20.1 Å². The fourth-order valence-electron chi connectivity index (χ4n) is 6.79. The van der Waals surface area contributed by atoms with Crippen molar-refractivity contribution in [2.24, 2.45) is 11.8 Å². The highest BCUT2D eigenvalue weighted by Crippen LogP contribution is 2.49. The van der Waals surface area contributed by atoms with E-state index in [4.69, 9.17) is 21.1 Å². The van der Waals surface area contributed by atoms with E-state index in [1.165, 1.54) is 57.2 Å². The smallest absolute Gasteiger partial charge is 0.213 e. The highest BCUT2D eigenvalue weighted by molar-refractivity contribution is 6.32. The van der Waals surface area contributed by atoms with E-state index in [0.717, 1.165) is 45.1 Å². The average molecular weight is 481 g/mol. The zero-order valence-corrected chi connectivity index (χ0v) is 20.7. The molecule has 1 saturated heterocycles. The minimum Gasteiger partial charge on any atom is -0.481 e. The Morgan fingerprint density at radius 1 is 1.03 bits per heavy atom. The molecule has 180 valence electrons. The molecule has 34 heavy (non-hydrogen) atoms. The van der Waals surface area contributed by atoms with Crippen LogP contribution in [-0.4, -0.2) is 59.5 Å². The molecule has 2 aromatic heterocycles. The monoisotopic (exact) mass is 480 g/mol. The molecule has 0 spiro atoms. The molecule has 3 heterocycles. The largest absolute Gasteiger partial charge is 0.481 e. The number of aromatic nitrogens is 3. The molecule has 1 aliphatic heterocycles. The van der Waals surface area contributed by atoms with E-state index in [1.54, 1.807) is 13.3 Å². The lowest BCUT2D eigenvalue weighted by atomic mass is 9.91. The molecule has 6 rings (SSSR count). The lowest BCUT2D eigenvalue weighted by Gasteiger charge is -2.34. The number of aromatic amines is 1. The number of fused-ring (bicyclic) bond motifs is 2. The Morgan fingerprint density at radius 2 is 1.79 bits per heavy atom. The van der Waals surface area contributed by atoms with E-state index < -0.39 is 0 Å². The van der Waals surface area contributed by atoms with Crippen LogP contribution in [0.15, 0.2) is 30.5 Å². The normalized spacial score (nSPS) is 29.6. The third kappa shape index (κ3) is 4.00. The first-order chi connectivity index (χ1) is 16.6. The third-order valence-electron chi connectivity index (χ3n) is 8.61. The molecule has 0 amide bonds. The number of rotatable bonds is 5. The maximum atomic E-state index is 6.82. The predicted molar refractivity (Wildman–Crippen MR) is 134 cm³/mol. The van der Waals surface area contributed by atoms with Crippen LogP contribution >= 0.6 is 11.6 Å². The first kappa shape index (κ1) is 22.3. The van der Waals surface area contributed by atoms with Gasteiger partial charge in [0, 0.05) is 54.5 Å². The Balaban J connectivity index is 1.20. The molecule has 3 atom stereocenters. The lowest BCUT2D eigenvalue weighted by molar-refractivity contribution is 0.0420. The van der Waals surface area contributed by atoms with Crippen LogP contribution in [0.2, 0.25) is 5.02 Å². The molecule has 2 aliphatic carbocycles. The van der Waals surface area contributed by atoms with E-state index in [2.05, 4.69) is 32.2 Å². The number of ether oxygens (including phenoxy) is 2. The van der Waals surface area contributed by atoms with Crippen LogP contribution in [0.3, 0.4) is 0 Å². The number of nitrogens with one attached hydrogen (secondary N) is 1. The summed E-state index contributed by atoms with van der Waals surface area (Å²) < 4.78 is 10.9. The van der Waals surface area contributed by atoms with Gasteiger partial charge >= 0.3 is 0 Å². The first-order valence-corrected chi connectivity index (χ1v) is 13.0. The number of likely N-dealkylation sites (tertiary alicyclic amines) is 1. The fraction of sp³-hybridized carbons (Fsp3) is 0.556. The standard InChI is InChI=1S/C27H33ClN4O2/c1-33-21-5-3-20(4-6-21)32-14-18-9-17(10-19(18)15-32)22-12-23-25(13-24(22)28)30-31-27(23)16-7-8-29-26(11-16)34-2/h7-8,11-13,17-21H,3-6,9-10,14-15H2,1-2H3,(H,30,31)/t17?,18-,19+,20-,21-. The molecule has 3 aliphatic rings. The summed E-state index contributed by atoms with van der Waals surface area (Å²) in [4.78, 5) is 7.02. The van der Waals surface area contributed by atoms with Crippen molar-refractivity contribution >= 4 is 22.5 Å². The van der Waals surface area contributed by atoms with Gasteiger partial charge in [-0.15, -0.1) is 0 Å². The van der Waals surface area contributed by atoms with Crippen molar-refractivity contribution in [2.75, 3.05) is 27.3 Å². The Labute approximate surface area is 206 Å². The topological polar surface area (TPSA) is 63.3 Å². The van der Waals surface area contributed by atoms with E-state index in [1.807, 2.05) is 19.2 Å². The molecule has 1 aromatic carbocycles. The molecular weight excluding hydrogens is 448 g/mol. The van der Waals surface area contributed by atoms with Crippen molar-refractivity contribution in [3.63, 3.8) is 0 Å². The molecule has 1 unspecified atom stereocenters. The summed E-state index contributed by atoms with van der Waals surface area (Å²) in [5.74, 6) is 2.68. The third-order valence-corrected chi connectivity index (χ3v) is 8.94. The maximum Gasteiger partial charge on any atom is 0.213 e. The molecule has 0 radical (unpaired) electrons. The van der Waals surface area contributed by atoms with Crippen molar-refractivity contribution in [2.45, 2.75) is 56.6 Å².